The molecule has 1 heterocycles. The highest BCUT2D eigenvalue weighted by molar-refractivity contribution is 7.96. The molecule has 2 nitrogen and oxygen atoms in total. The summed E-state index contributed by atoms with van der Waals surface area (Å²) in [5, 5.41) is 0. The van der Waals surface area contributed by atoms with E-state index in [1.807, 2.05) is 11.9 Å². The van der Waals surface area contributed by atoms with Crippen molar-refractivity contribution < 1.29 is 0 Å². The Bertz CT molecular complexity index is 200. The molecule has 0 aromatic carbocycles. The van der Waals surface area contributed by atoms with Gasteiger partial charge in [-0.1, -0.05) is 44.9 Å². The molecule has 0 spiro atoms. The van der Waals surface area contributed by atoms with Gasteiger partial charge in [-0.15, -0.1) is 0 Å². The van der Waals surface area contributed by atoms with E-state index in [4.69, 9.17) is 0 Å². The maximum absolute atomic E-state index is 2.52. The minimum atomic E-state index is 0.321. The fraction of sp³-hybridized carbons (Fsp3) is 0.833. The minimum Gasteiger partial charge on any atom is -0.297 e. The third-order valence-electron chi connectivity index (χ3n) is 2.57. The van der Waals surface area contributed by atoms with Crippen LogP contribution in [0.4, 0.5) is 0 Å². The summed E-state index contributed by atoms with van der Waals surface area (Å²) >= 11 is 1.86. The van der Waals surface area contributed by atoms with Crippen molar-refractivity contribution in [3.05, 3.63) is 12.2 Å². The van der Waals surface area contributed by atoms with Gasteiger partial charge in [-0.05, 0) is 11.7 Å². The van der Waals surface area contributed by atoms with Crippen LogP contribution >= 0.6 is 11.9 Å². The Labute approximate surface area is 98.8 Å². The first-order valence-electron chi connectivity index (χ1n) is 5.70. The molecular formula is C12H24N2S. The normalized spacial score (nSPS) is 21.3. The molecule has 0 amide bonds. The zero-order valence-corrected chi connectivity index (χ0v) is 11.3. The third kappa shape index (κ3) is 5.59. The van der Waals surface area contributed by atoms with E-state index in [-0.39, 0.29) is 0 Å². The second-order valence-electron chi connectivity index (χ2n) is 5.18. The average molecular weight is 228 g/mol. The van der Waals surface area contributed by atoms with Crippen molar-refractivity contribution in [2.45, 2.75) is 20.8 Å². The van der Waals surface area contributed by atoms with Gasteiger partial charge in [-0.3, -0.25) is 4.90 Å². The molecule has 0 atom stereocenters. The van der Waals surface area contributed by atoms with Crippen molar-refractivity contribution in [1.82, 2.24) is 9.21 Å². The van der Waals surface area contributed by atoms with E-state index in [1.165, 1.54) is 26.2 Å². The molecule has 1 aliphatic heterocycles. The summed E-state index contributed by atoms with van der Waals surface area (Å²) < 4.78 is 2.43. The van der Waals surface area contributed by atoms with Crippen LogP contribution in [-0.4, -0.2) is 48.2 Å². The van der Waals surface area contributed by atoms with E-state index in [9.17, 15) is 0 Å². The van der Waals surface area contributed by atoms with E-state index in [1.54, 1.807) is 0 Å². The monoisotopic (exact) mass is 228 g/mol. The molecule has 88 valence electrons. The molecule has 3 heteroatoms. The van der Waals surface area contributed by atoms with Crippen LogP contribution < -0.4 is 0 Å². The Morgan fingerprint density at radius 2 is 1.73 bits per heavy atom. The topological polar surface area (TPSA) is 6.48 Å². The lowest BCUT2D eigenvalue weighted by Crippen LogP contribution is -2.43. The number of allylic oxidation sites excluding steroid dienone is 1. The maximum Gasteiger partial charge on any atom is 0.0218 e. The summed E-state index contributed by atoms with van der Waals surface area (Å²) in [5.41, 5.74) is 0.321. The molecule has 0 aliphatic carbocycles. The van der Waals surface area contributed by atoms with Crippen LogP contribution in [0.1, 0.15) is 20.8 Å². The van der Waals surface area contributed by atoms with Gasteiger partial charge in [0, 0.05) is 32.7 Å². The Hall–Kier alpha value is 0.0100. The maximum atomic E-state index is 2.52. The van der Waals surface area contributed by atoms with Gasteiger partial charge in [0.1, 0.15) is 0 Å². The lowest BCUT2D eigenvalue weighted by Gasteiger charge is -2.32. The molecule has 0 N–H and O–H groups in total. The van der Waals surface area contributed by atoms with Crippen molar-refractivity contribution in [2.24, 2.45) is 5.41 Å². The number of hydrogen-bond donors (Lipinski definition) is 0. The number of piperazine rings is 1. The fourth-order valence-corrected chi connectivity index (χ4v) is 2.18. The molecule has 0 saturated carbocycles. The largest absolute Gasteiger partial charge is 0.297 e. The predicted molar refractivity (Wildman–Crippen MR) is 70.1 cm³/mol. The van der Waals surface area contributed by atoms with Gasteiger partial charge in [-0.2, -0.15) is 0 Å². The van der Waals surface area contributed by atoms with Gasteiger partial charge < -0.3 is 0 Å². The molecule has 1 rings (SSSR count). The standard InChI is InChI=1S/C12H24N2S/c1-12(2,3)6-5-7-13-8-10-14(15-4)11-9-13/h5-6H,7-11H2,1-4H3/b6-5+. The Morgan fingerprint density at radius 3 is 2.20 bits per heavy atom. The molecule has 0 unspecified atom stereocenters. The van der Waals surface area contributed by atoms with E-state index in [2.05, 4.69) is 48.4 Å². The zero-order valence-electron chi connectivity index (χ0n) is 10.5. The first kappa shape index (κ1) is 13.1. The highest BCUT2D eigenvalue weighted by Crippen LogP contribution is 2.15. The summed E-state index contributed by atoms with van der Waals surface area (Å²) in [6, 6.07) is 0. The van der Waals surface area contributed by atoms with Crippen LogP contribution in [0.3, 0.4) is 0 Å². The van der Waals surface area contributed by atoms with E-state index >= 15 is 0 Å². The molecule has 0 radical (unpaired) electrons. The molecular weight excluding hydrogens is 204 g/mol. The summed E-state index contributed by atoms with van der Waals surface area (Å²) in [5.74, 6) is 0. The van der Waals surface area contributed by atoms with Gasteiger partial charge in [0.15, 0.2) is 0 Å². The fourth-order valence-electron chi connectivity index (χ4n) is 1.65. The molecule has 1 fully saturated rings. The van der Waals surface area contributed by atoms with Crippen molar-refractivity contribution in [3.63, 3.8) is 0 Å². The molecule has 0 aromatic heterocycles. The van der Waals surface area contributed by atoms with Crippen molar-refractivity contribution in [1.29, 1.82) is 0 Å². The molecule has 0 bridgehead atoms. The van der Waals surface area contributed by atoms with E-state index in [0.717, 1.165) is 6.54 Å². The van der Waals surface area contributed by atoms with Gasteiger partial charge in [0.05, 0.1) is 0 Å². The van der Waals surface area contributed by atoms with Gasteiger partial charge in [0.25, 0.3) is 0 Å². The SMILES string of the molecule is CSN1CCN(C/C=C/C(C)(C)C)CC1. The smallest absolute Gasteiger partial charge is 0.0218 e. The quantitative estimate of drug-likeness (QED) is 0.541. The highest BCUT2D eigenvalue weighted by atomic mass is 32.2. The minimum absolute atomic E-state index is 0.321. The summed E-state index contributed by atoms with van der Waals surface area (Å²) in [6.45, 7) is 12.7. The number of rotatable bonds is 3. The lowest BCUT2D eigenvalue weighted by molar-refractivity contribution is 0.214. The summed E-state index contributed by atoms with van der Waals surface area (Å²) in [7, 11) is 0. The van der Waals surface area contributed by atoms with Crippen LogP contribution in [0.2, 0.25) is 0 Å². The molecule has 0 aromatic rings. The van der Waals surface area contributed by atoms with Crippen molar-refractivity contribution >= 4 is 11.9 Å². The van der Waals surface area contributed by atoms with Crippen LogP contribution in [-0.2, 0) is 0 Å². The van der Waals surface area contributed by atoms with Crippen molar-refractivity contribution in [3.8, 4) is 0 Å². The molecule has 1 saturated heterocycles. The van der Waals surface area contributed by atoms with Crippen LogP contribution in [0.15, 0.2) is 12.2 Å². The zero-order chi connectivity index (χ0) is 11.3. The Morgan fingerprint density at radius 1 is 1.13 bits per heavy atom. The van der Waals surface area contributed by atoms with Gasteiger partial charge in [0.2, 0.25) is 0 Å². The second kappa shape index (κ2) is 5.92. The van der Waals surface area contributed by atoms with E-state index < -0.39 is 0 Å². The predicted octanol–water partition coefficient (Wildman–Crippen LogP) is 2.48. The number of hydrogen-bond acceptors (Lipinski definition) is 3. The highest BCUT2D eigenvalue weighted by Gasteiger charge is 2.14. The van der Waals surface area contributed by atoms with Gasteiger partial charge in [-0.25, -0.2) is 4.31 Å². The second-order valence-corrected chi connectivity index (χ2v) is 6.06. The van der Waals surface area contributed by atoms with Crippen molar-refractivity contribution in [2.75, 3.05) is 39.0 Å². The van der Waals surface area contributed by atoms with Crippen LogP contribution in [0.25, 0.3) is 0 Å². The van der Waals surface area contributed by atoms with Gasteiger partial charge >= 0.3 is 0 Å². The summed E-state index contributed by atoms with van der Waals surface area (Å²) in [4.78, 5) is 2.52. The Kier molecular flexibility index (Phi) is 5.16. The average Bonchev–Trinajstić information content (AvgIpc) is 2.17. The van der Waals surface area contributed by atoms with E-state index in [0.29, 0.717) is 5.41 Å². The first-order chi connectivity index (χ1) is 7.01. The summed E-state index contributed by atoms with van der Waals surface area (Å²) in [6.07, 6.45) is 6.79. The molecule has 15 heavy (non-hydrogen) atoms. The Balaban J connectivity index is 2.22. The lowest BCUT2D eigenvalue weighted by atomic mass is 9.96. The number of nitrogens with zero attached hydrogens (tertiary/aromatic N) is 2. The van der Waals surface area contributed by atoms with Crippen LogP contribution in [0, 0.1) is 5.41 Å². The molecule has 1 aliphatic rings. The van der Waals surface area contributed by atoms with Crippen LogP contribution in [0.5, 0.6) is 0 Å². The third-order valence-corrected chi connectivity index (χ3v) is 3.45. The first-order valence-corrected chi connectivity index (χ1v) is 6.88.